The van der Waals surface area contributed by atoms with Gasteiger partial charge in [-0.3, -0.25) is 4.79 Å². The summed E-state index contributed by atoms with van der Waals surface area (Å²) in [4.78, 5) is 29.9. The molecule has 1 aliphatic heterocycles. The van der Waals surface area contributed by atoms with Crippen LogP contribution in [0.25, 0.3) is 10.9 Å². The number of methoxy groups -OCH3 is 1. The predicted octanol–water partition coefficient (Wildman–Crippen LogP) is 3.93. The molecule has 0 unspecified atom stereocenters. The van der Waals surface area contributed by atoms with Gasteiger partial charge in [0.25, 0.3) is 0 Å². The predicted molar refractivity (Wildman–Crippen MR) is 117 cm³/mol. The smallest absolute Gasteiger partial charge is 0.317 e. The number of aromatic nitrogens is 1. The van der Waals surface area contributed by atoms with Crippen molar-refractivity contribution in [2.45, 2.75) is 19.4 Å². The Morgan fingerprint density at radius 1 is 1.23 bits per heavy atom. The standard InChI is InChI=1S/C22H23ClN4O3/c1-30-20-5-3-2-4-18(20)26-21(28)8-10-24-22(29)27-11-9-15-16-12-14(23)6-7-17(16)25-19(15)13-27/h2-7,12,25H,8-11,13H2,1H3,(H,24,29)(H,26,28). The highest BCUT2D eigenvalue weighted by Crippen LogP contribution is 2.29. The Morgan fingerprint density at radius 3 is 2.90 bits per heavy atom. The molecule has 0 saturated heterocycles. The Balaban J connectivity index is 1.30. The largest absolute Gasteiger partial charge is 0.495 e. The summed E-state index contributed by atoms with van der Waals surface area (Å²) in [5, 5.41) is 7.45. The zero-order valence-electron chi connectivity index (χ0n) is 16.6. The minimum absolute atomic E-state index is 0.174. The number of hydrogen-bond donors (Lipinski definition) is 3. The second kappa shape index (κ2) is 8.67. The molecule has 4 rings (SSSR count). The Morgan fingerprint density at radius 2 is 2.07 bits per heavy atom. The van der Waals surface area contributed by atoms with Crippen molar-refractivity contribution in [1.29, 1.82) is 0 Å². The molecule has 0 saturated carbocycles. The first-order chi connectivity index (χ1) is 14.5. The average molecular weight is 427 g/mol. The van der Waals surface area contributed by atoms with E-state index in [1.165, 1.54) is 5.56 Å². The quantitative estimate of drug-likeness (QED) is 0.577. The third-order valence-electron chi connectivity index (χ3n) is 5.23. The number of nitrogens with zero attached hydrogens (tertiary/aromatic N) is 1. The number of hydrogen-bond acceptors (Lipinski definition) is 3. The van der Waals surface area contributed by atoms with E-state index in [1.54, 1.807) is 24.1 Å². The molecule has 156 valence electrons. The van der Waals surface area contributed by atoms with Crippen LogP contribution in [0.3, 0.4) is 0 Å². The van der Waals surface area contributed by atoms with Gasteiger partial charge in [-0.1, -0.05) is 23.7 Å². The molecule has 7 nitrogen and oxygen atoms in total. The van der Waals surface area contributed by atoms with Crippen molar-refractivity contribution in [1.82, 2.24) is 15.2 Å². The number of aromatic amines is 1. The fourth-order valence-corrected chi connectivity index (χ4v) is 3.91. The number of nitrogens with one attached hydrogen (secondary N) is 3. The first kappa shape index (κ1) is 20.1. The summed E-state index contributed by atoms with van der Waals surface area (Å²) in [6, 6.07) is 12.8. The normalized spacial score (nSPS) is 13.1. The molecule has 2 aromatic carbocycles. The minimum Gasteiger partial charge on any atom is -0.495 e. The number of rotatable bonds is 5. The highest BCUT2D eigenvalue weighted by Gasteiger charge is 2.24. The fourth-order valence-electron chi connectivity index (χ4n) is 3.74. The van der Waals surface area contributed by atoms with Gasteiger partial charge in [0, 0.05) is 41.1 Å². The molecule has 1 aliphatic rings. The van der Waals surface area contributed by atoms with Crippen LogP contribution >= 0.6 is 11.6 Å². The number of anilines is 1. The van der Waals surface area contributed by atoms with Crippen molar-refractivity contribution in [3.63, 3.8) is 0 Å². The molecule has 0 aliphatic carbocycles. The number of halogens is 1. The van der Waals surface area contributed by atoms with Gasteiger partial charge in [0.2, 0.25) is 5.91 Å². The number of carbonyl (C=O) groups excluding carboxylic acids is 2. The van der Waals surface area contributed by atoms with Crippen LogP contribution in [0.5, 0.6) is 5.75 Å². The Bertz CT molecular complexity index is 1100. The van der Waals surface area contributed by atoms with Crippen molar-refractivity contribution in [2.24, 2.45) is 0 Å². The van der Waals surface area contributed by atoms with Gasteiger partial charge in [0.05, 0.1) is 19.3 Å². The molecule has 0 radical (unpaired) electrons. The Labute approximate surface area is 179 Å². The molecule has 0 fully saturated rings. The Kier molecular flexibility index (Phi) is 5.81. The highest BCUT2D eigenvalue weighted by atomic mass is 35.5. The summed E-state index contributed by atoms with van der Waals surface area (Å²) in [5.74, 6) is 0.409. The van der Waals surface area contributed by atoms with Gasteiger partial charge in [0.1, 0.15) is 5.75 Å². The maximum Gasteiger partial charge on any atom is 0.317 e. The highest BCUT2D eigenvalue weighted by molar-refractivity contribution is 6.31. The van der Waals surface area contributed by atoms with Crippen LogP contribution in [-0.2, 0) is 17.8 Å². The fraction of sp³-hybridized carbons (Fsp3) is 0.273. The molecule has 3 aromatic rings. The number of amides is 3. The van der Waals surface area contributed by atoms with Gasteiger partial charge in [0.15, 0.2) is 0 Å². The lowest BCUT2D eigenvalue weighted by Gasteiger charge is -2.27. The number of fused-ring (bicyclic) bond motifs is 3. The van der Waals surface area contributed by atoms with Gasteiger partial charge in [-0.2, -0.15) is 0 Å². The number of para-hydroxylation sites is 2. The molecular formula is C22H23ClN4O3. The van der Waals surface area contributed by atoms with E-state index >= 15 is 0 Å². The van der Waals surface area contributed by atoms with Crippen LogP contribution in [-0.4, -0.2) is 42.0 Å². The molecular weight excluding hydrogens is 404 g/mol. The van der Waals surface area contributed by atoms with Crippen LogP contribution in [0.4, 0.5) is 10.5 Å². The van der Waals surface area contributed by atoms with Crippen LogP contribution in [0, 0.1) is 0 Å². The molecule has 2 heterocycles. The van der Waals surface area contributed by atoms with Crippen molar-refractivity contribution >= 4 is 40.1 Å². The van der Waals surface area contributed by atoms with E-state index in [-0.39, 0.29) is 24.9 Å². The van der Waals surface area contributed by atoms with Gasteiger partial charge in [-0.15, -0.1) is 0 Å². The lowest BCUT2D eigenvalue weighted by atomic mass is 10.0. The van der Waals surface area contributed by atoms with E-state index in [9.17, 15) is 9.59 Å². The molecule has 3 N–H and O–H groups in total. The van der Waals surface area contributed by atoms with Crippen molar-refractivity contribution in [3.05, 3.63) is 58.7 Å². The van der Waals surface area contributed by atoms with Crippen LogP contribution in [0.15, 0.2) is 42.5 Å². The zero-order valence-corrected chi connectivity index (χ0v) is 17.4. The average Bonchev–Trinajstić information content (AvgIpc) is 3.11. The number of H-pyrrole nitrogens is 1. The molecule has 0 bridgehead atoms. The summed E-state index contributed by atoms with van der Waals surface area (Å²) in [5.41, 5.74) is 3.88. The van der Waals surface area contributed by atoms with E-state index < -0.39 is 0 Å². The summed E-state index contributed by atoms with van der Waals surface area (Å²) >= 11 is 6.12. The van der Waals surface area contributed by atoms with Crippen LogP contribution in [0.1, 0.15) is 17.7 Å². The monoisotopic (exact) mass is 426 g/mol. The summed E-state index contributed by atoms with van der Waals surface area (Å²) in [6.07, 6.45) is 0.936. The van der Waals surface area contributed by atoms with E-state index in [2.05, 4.69) is 15.6 Å². The number of benzene rings is 2. The lowest BCUT2D eigenvalue weighted by Crippen LogP contribution is -2.43. The summed E-state index contributed by atoms with van der Waals surface area (Å²) in [6.45, 7) is 1.37. The van der Waals surface area contributed by atoms with Crippen molar-refractivity contribution in [3.8, 4) is 5.75 Å². The SMILES string of the molecule is COc1ccccc1NC(=O)CCNC(=O)N1CCc2c([nH]c3ccc(Cl)cc23)C1. The molecule has 3 amide bonds. The van der Waals surface area contributed by atoms with Crippen LogP contribution < -0.4 is 15.4 Å². The number of ether oxygens (including phenoxy) is 1. The third kappa shape index (κ3) is 4.21. The molecule has 8 heteroatoms. The topological polar surface area (TPSA) is 86.5 Å². The van der Waals surface area contributed by atoms with Gasteiger partial charge in [-0.05, 0) is 42.3 Å². The third-order valence-corrected chi connectivity index (χ3v) is 5.47. The summed E-state index contributed by atoms with van der Waals surface area (Å²) in [7, 11) is 1.55. The van der Waals surface area contributed by atoms with E-state index in [0.29, 0.717) is 29.5 Å². The first-order valence-electron chi connectivity index (χ1n) is 9.80. The molecule has 0 spiro atoms. The van der Waals surface area contributed by atoms with Crippen molar-refractivity contribution in [2.75, 3.05) is 25.5 Å². The molecule has 1 aromatic heterocycles. The number of carbonyl (C=O) groups is 2. The summed E-state index contributed by atoms with van der Waals surface area (Å²) < 4.78 is 5.22. The first-order valence-corrected chi connectivity index (χ1v) is 10.2. The lowest BCUT2D eigenvalue weighted by molar-refractivity contribution is -0.116. The van der Waals surface area contributed by atoms with Gasteiger partial charge < -0.3 is 25.3 Å². The number of urea groups is 1. The van der Waals surface area contributed by atoms with E-state index in [1.807, 2.05) is 30.3 Å². The molecule has 0 atom stereocenters. The molecule has 30 heavy (non-hydrogen) atoms. The van der Waals surface area contributed by atoms with Gasteiger partial charge >= 0.3 is 6.03 Å². The van der Waals surface area contributed by atoms with Crippen molar-refractivity contribution < 1.29 is 14.3 Å². The van der Waals surface area contributed by atoms with E-state index in [4.69, 9.17) is 16.3 Å². The van der Waals surface area contributed by atoms with Gasteiger partial charge in [-0.25, -0.2) is 4.79 Å². The van der Waals surface area contributed by atoms with Crippen LogP contribution in [0.2, 0.25) is 5.02 Å². The second-order valence-corrected chi connectivity index (χ2v) is 7.61. The minimum atomic E-state index is -0.187. The maximum atomic E-state index is 12.5. The maximum absolute atomic E-state index is 12.5. The Hall–Kier alpha value is -3.19. The van der Waals surface area contributed by atoms with E-state index in [0.717, 1.165) is 23.0 Å². The zero-order chi connectivity index (χ0) is 21.1. The second-order valence-electron chi connectivity index (χ2n) is 7.17.